The van der Waals surface area contributed by atoms with Gasteiger partial charge in [0.05, 0.1) is 12.5 Å². The number of nitrogens with zero attached hydrogens (tertiary/aromatic N) is 1. The van der Waals surface area contributed by atoms with Crippen molar-refractivity contribution < 1.29 is 9.59 Å². The molecule has 0 aromatic carbocycles. The number of hydrogen-bond donors (Lipinski definition) is 2. The number of likely N-dealkylation sites (N-methyl/N-ethyl adjacent to an activating group) is 1. The van der Waals surface area contributed by atoms with E-state index in [4.69, 9.17) is 11.5 Å². The van der Waals surface area contributed by atoms with Crippen LogP contribution in [0.1, 0.15) is 19.3 Å². The summed E-state index contributed by atoms with van der Waals surface area (Å²) in [6, 6.07) is -0.450. The molecule has 1 fully saturated rings. The zero-order chi connectivity index (χ0) is 10.0. The van der Waals surface area contributed by atoms with Crippen LogP contribution < -0.4 is 11.5 Å². The fraction of sp³-hybridized carbons (Fsp3) is 0.750. The first kappa shape index (κ1) is 9.98. The van der Waals surface area contributed by atoms with Crippen LogP contribution in [0.5, 0.6) is 0 Å². The Morgan fingerprint density at radius 2 is 2.08 bits per heavy atom. The molecule has 0 radical (unpaired) electrons. The normalized spacial score (nSPS) is 18.0. The minimum atomic E-state index is -0.775. The van der Waals surface area contributed by atoms with E-state index in [0.29, 0.717) is 6.04 Å². The number of carbonyl (C=O) groups excluding carboxylic acids is 2. The summed E-state index contributed by atoms with van der Waals surface area (Å²) in [6.07, 6.45) is 1.99. The van der Waals surface area contributed by atoms with Crippen LogP contribution in [0.15, 0.2) is 0 Å². The maximum absolute atomic E-state index is 11.5. The van der Waals surface area contributed by atoms with Crippen molar-refractivity contribution in [2.24, 2.45) is 11.5 Å². The molecule has 1 rings (SSSR count). The molecular weight excluding hydrogens is 170 g/mol. The van der Waals surface area contributed by atoms with Crippen LogP contribution >= 0.6 is 0 Å². The largest absolute Gasteiger partial charge is 0.370 e. The lowest BCUT2D eigenvalue weighted by Crippen LogP contribution is -2.44. The van der Waals surface area contributed by atoms with E-state index in [2.05, 4.69) is 0 Å². The highest BCUT2D eigenvalue weighted by Crippen LogP contribution is 2.25. The topological polar surface area (TPSA) is 89.4 Å². The monoisotopic (exact) mass is 185 g/mol. The average molecular weight is 185 g/mol. The fourth-order valence-electron chi connectivity index (χ4n) is 1.21. The number of nitrogens with two attached hydrogens (primary N) is 2. The van der Waals surface area contributed by atoms with E-state index in [1.807, 2.05) is 0 Å². The quantitative estimate of drug-likeness (QED) is 0.577. The number of carbonyl (C=O) groups is 2. The van der Waals surface area contributed by atoms with E-state index < -0.39 is 11.9 Å². The molecule has 1 atom stereocenters. The standard InChI is InChI=1S/C8H15N3O2/c1-11(5-2-3-5)8(13)6(9)4-7(10)12/h5-6H,2-4,9H2,1H3,(H2,10,12). The molecule has 0 aromatic rings. The highest BCUT2D eigenvalue weighted by Gasteiger charge is 2.32. The van der Waals surface area contributed by atoms with Crippen molar-refractivity contribution in [3.63, 3.8) is 0 Å². The summed E-state index contributed by atoms with van der Waals surface area (Å²) in [7, 11) is 1.71. The van der Waals surface area contributed by atoms with E-state index in [-0.39, 0.29) is 12.3 Å². The Kier molecular flexibility index (Phi) is 2.87. The smallest absolute Gasteiger partial charge is 0.240 e. The number of amides is 2. The first-order valence-corrected chi connectivity index (χ1v) is 4.33. The van der Waals surface area contributed by atoms with Crippen molar-refractivity contribution in [1.82, 2.24) is 4.90 Å². The second-order valence-corrected chi connectivity index (χ2v) is 3.46. The van der Waals surface area contributed by atoms with Crippen LogP contribution in [0.4, 0.5) is 0 Å². The van der Waals surface area contributed by atoms with Gasteiger partial charge in [0.2, 0.25) is 11.8 Å². The van der Waals surface area contributed by atoms with Crippen molar-refractivity contribution in [2.45, 2.75) is 31.3 Å². The van der Waals surface area contributed by atoms with Gasteiger partial charge in [0, 0.05) is 13.1 Å². The minimum Gasteiger partial charge on any atom is -0.370 e. The lowest BCUT2D eigenvalue weighted by atomic mass is 10.2. The van der Waals surface area contributed by atoms with Crippen LogP contribution in [-0.2, 0) is 9.59 Å². The molecule has 0 aliphatic heterocycles. The Hall–Kier alpha value is -1.10. The van der Waals surface area contributed by atoms with Gasteiger partial charge in [-0.2, -0.15) is 0 Å². The summed E-state index contributed by atoms with van der Waals surface area (Å²) in [4.78, 5) is 23.6. The SMILES string of the molecule is CN(C(=O)C(N)CC(N)=O)C1CC1. The van der Waals surface area contributed by atoms with Gasteiger partial charge in [-0.1, -0.05) is 0 Å². The van der Waals surface area contributed by atoms with Gasteiger partial charge in [-0.25, -0.2) is 0 Å². The molecule has 5 nitrogen and oxygen atoms in total. The van der Waals surface area contributed by atoms with E-state index in [9.17, 15) is 9.59 Å². The number of primary amides is 1. The maximum Gasteiger partial charge on any atom is 0.240 e. The van der Waals surface area contributed by atoms with Crippen molar-refractivity contribution in [3.8, 4) is 0 Å². The Morgan fingerprint density at radius 3 is 2.46 bits per heavy atom. The highest BCUT2D eigenvalue weighted by molar-refractivity contribution is 5.87. The molecule has 0 aromatic heterocycles. The summed E-state index contributed by atoms with van der Waals surface area (Å²) in [6.45, 7) is 0. The first-order chi connectivity index (χ1) is 6.02. The van der Waals surface area contributed by atoms with E-state index in [1.165, 1.54) is 0 Å². The molecule has 4 N–H and O–H groups in total. The Balaban J connectivity index is 2.40. The van der Waals surface area contributed by atoms with Crippen LogP contribution in [0, 0.1) is 0 Å². The molecule has 0 spiro atoms. The van der Waals surface area contributed by atoms with Gasteiger partial charge in [0.15, 0.2) is 0 Å². The van der Waals surface area contributed by atoms with Crippen molar-refractivity contribution >= 4 is 11.8 Å². The molecule has 1 unspecified atom stereocenters. The average Bonchev–Trinajstić information content (AvgIpc) is 2.82. The fourth-order valence-corrected chi connectivity index (χ4v) is 1.21. The van der Waals surface area contributed by atoms with Crippen molar-refractivity contribution in [1.29, 1.82) is 0 Å². The number of rotatable bonds is 4. The molecule has 0 bridgehead atoms. The van der Waals surface area contributed by atoms with Gasteiger partial charge >= 0.3 is 0 Å². The Morgan fingerprint density at radius 1 is 1.54 bits per heavy atom. The zero-order valence-corrected chi connectivity index (χ0v) is 7.69. The summed E-state index contributed by atoms with van der Waals surface area (Å²) < 4.78 is 0. The zero-order valence-electron chi connectivity index (χ0n) is 7.69. The first-order valence-electron chi connectivity index (χ1n) is 4.33. The molecule has 13 heavy (non-hydrogen) atoms. The van der Waals surface area contributed by atoms with E-state index >= 15 is 0 Å². The third-order valence-corrected chi connectivity index (χ3v) is 2.18. The maximum atomic E-state index is 11.5. The Labute approximate surface area is 77.1 Å². The highest BCUT2D eigenvalue weighted by atomic mass is 16.2. The molecule has 1 saturated carbocycles. The lowest BCUT2D eigenvalue weighted by Gasteiger charge is -2.19. The van der Waals surface area contributed by atoms with Crippen molar-refractivity contribution in [2.75, 3.05) is 7.05 Å². The van der Waals surface area contributed by atoms with Gasteiger partial charge in [-0.15, -0.1) is 0 Å². The third-order valence-electron chi connectivity index (χ3n) is 2.18. The molecule has 0 saturated heterocycles. The lowest BCUT2D eigenvalue weighted by molar-refractivity contribution is -0.133. The molecule has 5 heteroatoms. The predicted octanol–water partition coefficient (Wildman–Crippen LogP) is -1.19. The molecule has 74 valence electrons. The minimum absolute atomic E-state index is 0.0735. The summed E-state index contributed by atoms with van der Waals surface area (Å²) >= 11 is 0. The van der Waals surface area contributed by atoms with Gasteiger partial charge in [0.25, 0.3) is 0 Å². The predicted molar refractivity (Wildman–Crippen MR) is 47.6 cm³/mol. The second kappa shape index (κ2) is 3.74. The van der Waals surface area contributed by atoms with Gasteiger partial charge in [-0.05, 0) is 12.8 Å². The molecule has 2 amide bonds. The van der Waals surface area contributed by atoms with E-state index in [0.717, 1.165) is 12.8 Å². The summed E-state index contributed by atoms with van der Waals surface area (Å²) in [5.41, 5.74) is 10.4. The molecule has 1 aliphatic rings. The summed E-state index contributed by atoms with van der Waals surface area (Å²) in [5.74, 6) is -0.730. The van der Waals surface area contributed by atoms with Crippen molar-refractivity contribution in [3.05, 3.63) is 0 Å². The summed E-state index contributed by atoms with van der Waals surface area (Å²) in [5, 5.41) is 0. The van der Waals surface area contributed by atoms with Gasteiger partial charge < -0.3 is 16.4 Å². The number of hydrogen-bond acceptors (Lipinski definition) is 3. The second-order valence-electron chi connectivity index (χ2n) is 3.46. The van der Waals surface area contributed by atoms with Crippen LogP contribution in [0.25, 0.3) is 0 Å². The van der Waals surface area contributed by atoms with Gasteiger partial charge in [0.1, 0.15) is 0 Å². The Bertz CT molecular complexity index is 225. The molecular formula is C8H15N3O2. The molecule has 0 heterocycles. The third kappa shape index (κ3) is 2.69. The van der Waals surface area contributed by atoms with Crippen LogP contribution in [0.2, 0.25) is 0 Å². The van der Waals surface area contributed by atoms with Crippen LogP contribution in [0.3, 0.4) is 0 Å². The van der Waals surface area contributed by atoms with Gasteiger partial charge in [-0.3, -0.25) is 9.59 Å². The van der Waals surface area contributed by atoms with Crippen LogP contribution in [-0.4, -0.2) is 35.8 Å². The van der Waals surface area contributed by atoms with E-state index in [1.54, 1.807) is 11.9 Å². The molecule has 1 aliphatic carbocycles.